The van der Waals surface area contributed by atoms with Crippen LogP contribution in [0.4, 0.5) is 16.3 Å². The van der Waals surface area contributed by atoms with Crippen LogP contribution in [-0.2, 0) is 4.79 Å². The van der Waals surface area contributed by atoms with Gasteiger partial charge in [0.05, 0.1) is 5.02 Å². The van der Waals surface area contributed by atoms with E-state index in [9.17, 15) is 9.59 Å². The van der Waals surface area contributed by atoms with E-state index in [0.717, 1.165) is 5.82 Å². The zero-order valence-corrected chi connectivity index (χ0v) is 17.4. The number of para-hydroxylation sites is 1. The quantitative estimate of drug-likeness (QED) is 0.785. The molecule has 3 amide bonds. The number of pyridine rings is 1. The molecular formula is C21H26ClN5O2. The normalized spacial score (nSPS) is 15.2. The number of hydrogen-bond acceptors (Lipinski definition) is 4. The third kappa shape index (κ3) is 5.38. The Hall–Kier alpha value is -2.80. The van der Waals surface area contributed by atoms with Crippen molar-refractivity contribution in [2.75, 3.05) is 36.4 Å². The highest BCUT2D eigenvalue weighted by Crippen LogP contribution is 2.23. The number of piperazine rings is 1. The number of halogens is 1. The van der Waals surface area contributed by atoms with Crippen LogP contribution in [0, 0.1) is 5.92 Å². The first-order chi connectivity index (χ1) is 14.0. The van der Waals surface area contributed by atoms with Crippen molar-refractivity contribution in [3.8, 4) is 0 Å². The fourth-order valence-electron chi connectivity index (χ4n) is 3.29. The van der Waals surface area contributed by atoms with Crippen molar-refractivity contribution in [3.63, 3.8) is 0 Å². The van der Waals surface area contributed by atoms with Gasteiger partial charge in [-0.25, -0.2) is 9.78 Å². The third-order valence-corrected chi connectivity index (χ3v) is 5.18. The van der Waals surface area contributed by atoms with Crippen LogP contribution in [0.5, 0.6) is 0 Å². The largest absolute Gasteiger partial charge is 0.352 e. The summed E-state index contributed by atoms with van der Waals surface area (Å²) in [4.78, 5) is 33.6. The maximum atomic E-state index is 13.1. The van der Waals surface area contributed by atoms with Gasteiger partial charge in [-0.05, 0) is 30.2 Å². The summed E-state index contributed by atoms with van der Waals surface area (Å²) in [5.41, 5.74) is 0.681. The molecule has 1 aliphatic rings. The van der Waals surface area contributed by atoms with Gasteiger partial charge < -0.3 is 20.4 Å². The Balaban J connectivity index is 1.58. The van der Waals surface area contributed by atoms with Gasteiger partial charge in [0.25, 0.3) is 0 Å². The minimum absolute atomic E-state index is 0.0349. The Kier molecular flexibility index (Phi) is 6.93. The maximum Gasteiger partial charge on any atom is 0.319 e. The molecule has 1 fully saturated rings. The predicted molar refractivity (Wildman–Crippen MR) is 115 cm³/mol. The molecule has 3 rings (SSSR count). The number of amides is 3. The van der Waals surface area contributed by atoms with Crippen LogP contribution in [0.15, 0.2) is 48.7 Å². The lowest BCUT2D eigenvalue weighted by atomic mass is 10.0. The van der Waals surface area contributed by atoms with Crippen molar-refractivity contribution >= 4 is 35.0 Å². The van der Waals surface area contributed by atoms with Crippen LogP contribution in [0.1, 0.15) is 13.8 Å². The molecule has 0 radical (unpaired) electrons. The fourth-order valence-corrected chi connectivity index (χ4v) is 3.53. The highest BCUT2D eigenvalue weighted by molar-refractivity contribution is 6.32. The van der Waals surface area contributed by atoms with Crippen molar-refractivity contribution in [2.24, 2.45) is 5.92 Å². The van der Waals surface area contributed by atoms with Crippen LogP contribution >= 0.6 is 11.6 Å². The number of benzene rings is 1. The third-order valence-electron chi connectivity index (χ3n) is 4.88. The summed E-state index contributed by atoms with van der Waals surface area (Å²) < 4.78 is 0. The van der Waals surface area contributed by atoms with E-state index in [1.807, 2.05) is 38.1 Å². The molecule has 0 saturated carbocycles. The van der Waals surface area contributed by atoms with E-state index in [1.54, 1.807) is 29.3 Å². The molecule has 154 valence electrons. The molecule has 2 heterocycles. The van der Waals surface area contributed by atoms with Crippen LogP contribution in [0.2, 0.25) is 5.02 Å². The fraction of sp³-hybridized carbons (Fsp3) is 0.381. The number of aromatic nitrogens is 1. The highest BCUT2D eigenvalue weighted by atomic mass is 35.5. The van der Waals surface area contributed by atoms with Crippen molar-refractivity contribution in [3.05, 3.63) is 53.7 Å². The van der Waals surface area contributed by atoms with Gasteiger partial charge in [-0.1, -0.05) is 43.6 Å². The number of carbonyl (C=O) groups excluding carboxylic acids is 2. The Morgan fingerprint density at radius 3 is 2.34 bits per heavy atom. The second-order valence-electron chi connectivity index (χ2n) is 7.31. The van der Waals surface area contributed by atoms with E-state index < -0.39 is 6.04 Å². The topological polar surface area (TPSA) is 77.6 Å². The molecule has 0 bridgehead atoms. The minimum atomic E-state index is -0.594. The highest BCUT2D eigenvalue weighted by Gasteiger charge is 2.31. The van der Waals surface area contributed by atoms with E-state index in [1.165, 1.54) is 0 Å². The molecule has 7 nitrogen and oxygen atoms in total. The maximum absolute atomic E-state index is 13.1. The van der Waals surface area contributed by atoms with Crippen molar-refractivity contribution < 1.29 is 9.59 Å². The van der Waals surface area contributed by atoms with E-state index in [2.05, 4.69) is 20.5 Å². The SMILES string of the molecule is CC(C)C(NC(=O)Nc1ccccc1)C(=O)N1CCN(c2ncccc2Cl)CC1. The van der Waals surface area contributed by atoms with Crippen molar-refractivity contribution in [1.29, 1.82) is 0 Å². The van der Waals surface area contributed by atoms with Gasteiger partial charge in [0.15, 0.2) is 0 Å². The van der Waals surface area contributed by atoms with Gasteiger partial charge in [0.1, 0.15) is 11.9 Å². The number of rotatable bonds is 5. The molecule has 2 N–H and O–H groups in total. The van der Waals surface area contributed by atoms with Gasteiger partial charge in [-0.2, -0.15) is 0 Å². The molecule has 1 unspecified atom stereocenters. The van der Waals surface area contributed by atoms with Gasteiger partial charge in [-0.15, -0.1) is 0 Å². The number of nitrogens with zero attached hydrogens (tertiary/aromatic N) is 3. The lowest BCUT2D eigenvalue weighted by molar-refractivity contribution is -0.134. The lowest BCUT2D eigenvalue weighted by Gasteiger charge is -2.38. The Bertz CT molecular complexity index is 838. The molecule has 29 heavy (non-hydrogen) atoms. The molecule has 0 spiro atoms. The zero-order chi connectivity index (χ0) is 20.8. The average Bonchev–Trinajstić information content (AvgIpc) is 2.72. The van der Waals surface area contributed by atoms with Gasteiger partial charge in [0, 0.05) is 38.1 Å². The number of urea groups is 1. The molecule has 1 aliphatic heterocycles. The molecule has 1 aromatic heterocycles. The summed E-state index contributed by atoms with van der Waals surface area (Å²) in [6.45, 7) is 6.24. The lowest BCUT2D eigenvalue weighted by Crippen LogP contribution is -2.57. The Morgan fingerprint density at radius 1 is 1.03 bits per heavy atom. The molecule has 8 heteroatoms. The van der Waals surface area contributed by atoms with Crippen LogP contribution in [0.3, 0.4) is 0 Å². The molecule has 1 aromatic carbocycles. The number of hydrogen-bond donors (Lipinski definition) is 2. The Morgan fingerprint density at radius 2 is 1.72 bits per heavy atom. The van der Waals surface area contributed by atoms with E-state index >= 15 is 0 Å². The molecule has 1 saturated heterocycles. The van der Waals surface area contributed by atoms with Gasteiger partial charge >= 0.3 is 6.03 Å². The number of nitrogens with one attached hydrogen (secondary N) is 2. The first-order valence-electron chi connectivity index (χ1n) is 9.72. The average molecular weight is 416 g/mol. The zero-order valence-electron chi connectivity index (χ0n) is 16.6. The summed E-state index contributed by atoms with van der Waals surface area (Å²) in [6.07, 6.45) is 1.71. The van der Waals surface area contributed by atoms with Crippen LogP contribution < -0.4 is 15.5 Å². The van der Waals surface area contributed by atoms with E-state index in [4.69, 9.17) is 11.6 Å². The summed E-state index contributed by atoms with van der Waals surface area (Å²) in [5.74, 6) is 0.629. The number of carbonyl (C=O) groups is 2. The Labute approximate surface area is 176 Å². The van der Waals surface area contributed by atoms with Gasteiger partial charge in [0.2, 0.25) is 5.91 Å². The van der Waals surface area contributed by atoms with Crippen LogP contribution in [0.25, 0.3) is 0 Å². The summed E-state index contributed by atoms with van der Waals surface area (Å²) >= 11 is 6.23. The van der Waals surface area contributed by atoms with E-state index in [0.29, 0.717) is 36.9 Å². The molecule has 0 aliphatic carbocycles. The van der Waals surface area contributed by atoms with Crippen LogP contribution in [-0.4, -0.2) is 54.0 Å². The minimum Gasteiger partial charge on any atom is -0.352 e. The molecule has 1 atom stereocenters. The first kappa shape index (κ1) is 20.9. The predicted octanol–water partition coefficient (Wildman–Crippen LogP) is 3.23. The van der Waals surface area contributed by atoms with Crippen molar-refractivity contribution in [2.45, 2.75) is 19.9 Å². The van der Waals surface area contributed by atoms with Gasteiger partial charge in [-0.3, -0.25) is 4.79 Å². The second kappa shape index (κ2) is 9.60. The molecular weight excluding hydrogens is 390 g/mol. The molecule has 2 aromatic rings. The summed E-state index contributed by atoms with van der Waals surface area (Å²) in [6, 6.07) is 11.8. The standard InChI is InChI=1S/C21H26ClN5O2/c1-15(2)18(25-21(29)24-16-7-4-3-5-8-16)20(28)27-13-11-26(12-14-27)19-17(22)9-6-10-23-19/h3-10,15,18H,11-14H2,1-2H3,(H2,24,25,29). The summed E-state index contributed by atoms with van der Waals surface area (Å²) in [5, 5.41) is 6.20. The monoisotopic (exact) mass is 415 g/mol. The second-order valence-corrected chi connectivity index (χ2v) is 7.71. The number of anilines is 2. The first-order valence-corrected chi connectivity index (χ1v) is 10.1. The van der Waals surface area contributed by atoms with Crippen molar-refractivity contribution in [1.82, 2.24) is 15.2 Å². The van der Waals surface area contributed by atoms with E-state index in [-0.39, 0.29) is 17.9 Å². The summed E-state index contributed by atoms with van der Waals surface area (Å²) in [7, 11) is 0. The smallest absolute Gasteiger partial charge is 0.319 e.